The maximum atomic E-state index is 6.39. The van der Waals surface area contributed by atoms with E-state index in [-0.39, 0.29) is 0 Å². The number of aryl methyl sites for hydroxylation is 2. The van der Waals surface area contributed by atoms with Gasteiger partial charge in [0.15, 0.2) is 17.3 Å². The molecule has 138 valence electrons. The molecule has 0 amide bonds. The lowest BCUT2D eigenvalue weighted by Crippen LogP contribution is -2.03. The smallest absolute Gasteiger partial charge is 0.163 e. The Labute approximate surface area is 161 Å². The van der Waals surface area contributed by atoms with Gasteiger partial charge >= 0.3 is 0 Å². The van der Waals surface area contributed by atoms with E-state index in [1.165, 1.54) is 0 Å². The number of methoxy groups -OCH3 is 2. The Balaban J connectivity index is 2.00. The number of hydrogen-bond acceptors (Lipinski definition) is 5. The molecule has 6 nitrogen and oxygen atoms in total. The van der Waals surface area contributed by atoms with Crippen LogP contribution in [0.25, 0.3) is 16.6 Å². The molecule has 2 aromatic carbocycles. The minimum atomic E-state index is 0.620. The molecule has 27 heavy (non-hydrogen) atoms. The van der Waals surface area contributed by atoms with Crippen molar-refractivity contribution in [3.8, 4) is 11.5 Å². The SMILES string of the molecule is COc1cc2nc(Nc3c(C)cccc3Cl)c3cnc(C)n3c2cc1OC. The summed E-state index contributed by atoms with van der Waals surface area (Å²) in [6.07, 6.45) is 1.80. The molecule has 2 aromatic heterocycles. The van der Waals surface area contributed by atoms with Crippen LogP contribution in [0.4, 0.5) is 11.5 Å². The third-order valence-electron chi connectivity index (χ3n) is 4.60. The van der Waals surface area contributed by atoms with Gasteiger partial charge in [0.2, 0.25) is 0 Å². The first kappa shape index (κ1) is 17.4. The first-order chi connectivity index (χ1) is 13.0. The Morgan fingerprint density at radius 1 is 1.04 bits per heavy atom. The van der Waals surface area contributed by atoms with Gasteiger partial charge in [-0.1, -0.05) is 23.7 Å². The van der Waals surface area contributed by atoms with Crippen LogP contribution in [0.15, 0.2) is 36.5 Å². The van der Waals surface area contributed by atoms with Gasteiger partial charge in [0.25, 0.3) is 0 Å². The molecule has 7 heteroatoms. The normalized spacial score (nSPS) is 11.1. The predicted molar refractivity (Wildman–Crippen MR) is 108 cm³/mol. The molecule has 0 saturated carbocycles. The highest BCUT2D eigenvalue weighted by Gasteiger charge is 2.16. The lowest BCUT2D eigenvalue weighted by molar-refractivity contribution is 0.355. The average Bonchev–Trinajstić information content (AvgIpc) is 3.06. The van der Waals surface area contributed by atoms with Gasteiger partial charge in [-0.25, -0.2) is 9.97 Å². The summed E-state index contributed by atoms with van der Waals surface area (Å²) in [4.78, 5) is 9.28. The lowest BCUT2D eigenvalue weighted by Gasteiger charge is -2.15. The van der Waals surface area contributed by atoms with Gasteiger partial charge in [-0.05, 0) is 25.5 Å². The zero-order valence-electron chi connectivity index (χ0n) is 15.5. The molecule has 2 heterocycles. The first-order valence-corrected chi connectivity index (χ1v) is 8.83. The molecule has 0 aliphatic heterocycles. The Morgan fingerprint density at radius 3 is 2.48 bits per heavy atom. The largest absolute Gasteiger partial charge is 0.493 e. The highest BCUT2D eigenvalue weighted by Crippen LogP contribution is 2.35. The molecule has 0 fully saturated rings. The van der Waals surface area contributed by atoms with E-state index in [1.54, 1.807) is 20.4 Å². The summed E-state index contributed by atoms with van der Waals surface area (Å²) in [5.74, 6) is 2.79. The number of ether oxygens (including phenoxy) is 2. The van der Waals surface area contributed by atoms with Crippen molar-refractivity contribution in [2.75, 3.05) is 19.5 Å². The van der Waals surface area contributed by atoms with E-state index in [2.05, 4.69) is 10.3 Å². The van der Waals surface area contributed by atoms with Gasteiger partial charge < -0.3 is 14.8 Å². The number of halogens is 1. The van der Waals surface area contributed by atoms with E-state index < -0.39 is 0 Å². The third-order valence-corrected chi connectivity index (χ3v) is 4.92. The monoisotopic (exact) mass is 382 g/mol. The third kappa shape index (κ3) is 2.82. The van der Waals surface area contributed by atoms with E-state index in [4.69, 9.17) is 26.1 Å². The van der Waals surface area contributed by atoms with Crippen LogP contribution >= 0.6 is 11.6 Å². The topological polar surface area (TPSA) is 60.7 Å². The molecule has 4 aromatic rings. The number of anilines is 2. The summed E-state index contributed by atoms with van der Waals surface area (Å²) in [6.45, 7) is 3.95. The van der Waals surface area contributed by atoms with Gasteiger partial charge in [0.05, 0.1) is 42.2 Å². The van der Waals surface area contributed by atoms with Crippen LogP contribution in [0.3, 0.4) is 0 Å². The Kier molecular flexibility index (Phi) is 4.28. The van der Waals surface area contributed by atoms with Crippen molar-refractivity contribution in [2.24, 2.45) is 0 Å². The fourth-order valence-electron chi connectivity index (χ4n) is 3.22. The van der Waals surface area contributed by atoms with Gasteiger partial charge in [0, 0.05) is 12.1 Å². The molecular weight excluding hydrogens is 364 g/mol. The predicted octanol–water partition coefficient (Wildman–Crippen LogP) is 4.91. The second-order valence-electron chi connectivity index (χ2n) is 6.24. The minimum absolute atomic E-state index is 0.620. The zero-order valence-corrected chi connectivity index (χ0v) is 16.3. The maximum absolute atomic E-state index is 6.39. The summed E-state index contributed by atoms with van der Waals surface area (Å²) in [5, 5.41) is 4.02. The molecular formula is C20H19ClN4O2. The van der Waals surface area contributed by atoms with Gasteiger partial charge in [-0.3, -0.25) is 4.40 Å². The van der Waals surface area contributed by atoms with Crippen LogP contribution in [-0.4, -0.2) is 28.6 Å². The standard InChI is InChI=1S/C20H19ClN4O2/c1-11-6-5-7-13(21)19(11)24-20-16-10-22-12(2)25(16)15-9-18(27-4)17(26-3)8-14(15)23-20/h5-10H,1-4H3,(H,23,24). The number of benzene rings is 2. The number of para-hydroxylation sites is 1. The van der Waals surface area contributed by atoms with Crippen molar-refractivity contribution in [2.45, 2.75) is 13.8 Å². The van der Waals surface area contributed by atoms with Crippen LogP contribution in [-0.2, 0) is 0 Å². The highest BCUT2D eigenvalue weighted by atomic mass is 35.5. The van der Waals surface area contributed by atoms with Crippen LogP contribution in [0.1, 0.15) is 11.4 Å². The number of fused-ring (bicyclic) bond motifs is 3. The van der Waals surface area contributed by atoms with E-state index in [0.717, 1.165) is 33.6 Å². The molecule has 0 bridgehead atoms. The molecule has 1 N–H and O–H groups in total. The highest BCUT2D eigenvalue weighted by molar-refractivity contribution is 6.33. The quantitative estimate of drug-likeness (QED) is 0.543. The summed E-state index contributed by atoms with van der Waals surface area (Å²) in [6, 6.07) is 9.55. The van der Waals surface area contributed by atoms with Crippen molar-refractivity contribution < 1.29 is 9.47 Å². The molecule has 0 aliphatic rings. The van der Waals surface area contributed by atoms with Crippen molar-refractivity contribution in [1.82, 2.24) is 14.4 Å². The fraction of sp³-hybridized carbons (Fsp3) is 0.200. The molecule has 0 spiro atoms. The molecule has 4 rings (SSSR count). The van der Waals surface area contributed by atoms with Crippen LogP contribution in [0.5, 0.6) is 11.5 Å². The Morgan fingerprint density at radius 2 is 1.78 bits per heavy atom. The number of rotatable bonds is 4. The zero-order chi connectivity index (χ0) is 19.1. The summed E-state index contributed by atoms with van der Waals surface area (Å²) in [5.41, 5.74) is 4.36. The summed E-state index contributed by atoms with van der Waals surface area (Å²) >= 11 is 6.39. The van der Waals surface area contributed by atoms with Crippen molar-refractivity contribution >= 4 is 39.7 Å². The Bertz CT molecular complexity index is 1150. The van der Waals surface area contributed by atoms with Crippen LogP contribution in [0, 0.1) is 13.8 Å². The molecule has 0 unspecified atom stereocenters. The van der Waals surface area contributed by atoms with Crippen LogP contribution in [0.2, 0.25) is 5.02 Å². The van der Waals surface area contributed by atoms with Crippen molar-refractivity contribution in [1.29, 1.82) is 0 Å². The second-order valence-corrected chi connectivity index (χ2v) is 6.65. The minimum Gasteiger partial charge on any atom is -0.493 e. The van der Waals surface area contributed by atoms with E-state index in [9.17, 15) is 0 Å². The van der Waals surface area contributed by atoms with Crippen molar-refractivity contribution in [3.63, 3.8) is 0 Å². The van der Waals surface area contributed by atoms with Gasteiger partial charge in [0.1, 0.15) is 11.3 Å². The van der Waals surface area contributed by atoms with E-state index in [0.29, 0.717) is 22.3 Å². The molecule has 0 aliphatic carbocycles. The second kappa shape index (κ2) is 6.63. The molecule has 0 atom stereocenters. The van der Waals surface area contributed by atoms with E-state index >= 15 is 0 Å². The number of aromatic nitrogens is 3. The first-order valence-electron chi connectivity index (χ1n) is 8.45. The maximum Gasteiger partial charge on any atom is 0.163 e. The summed E-state index contributed by atoms with van der Waals surface area (Å²) in [7, 11) is 3.22. The Hall–Kier alpha value is -2.99. The van der Waals surface area contributed by atoms with Gasteiger partial charge in [-0.15, -0.1) is 0 Å². The molecule has 0 radical (unpaired) electrons. The molecule has 0 saturated heterocycles. The fourth-order valence-corrected chi connectivity index (χ4v) is 3.49. The lowest BCUT2D eigenvalue weighted by atomic mass is 10.2. The van der Waals surface area contributed by atoms with Crippen LogP contribution < -0.4 is 14.8 Å². The average molecular weight is 383 g/mol. The number of nitrogens with zero attached hydrogens (tertiary/aromatic N) is 3. The van der Waals surface area contributed by atoms with E-state index in [1.807, 2.05) is 48.6 Å². The number of hydrogen-bond donors (Lipinski definition) is 1. The van der Waals surface area contributed by atoms with Crippen molar-refractivity contribution in [3.05, 3.63) is 52.9 Å². The number of imidazole rings is 1. The van der Waals surface area contributed by atoms with Gasteiger partial charge in [-0.2, -0.15) is 0 Å². The number of nitrogens with one attached hydrogen (secondary N) is 1. The summed E-state index contributed by atoms with van der Waals surface area (Å²) < 4.78 is 12.9.